The van der Waals surface area contributed by atoms with Gasteiger partial charge in [-0.15, -0.1) is 10.2 Å². The van der Waals surface area contributed by atoms with Gasteiger partial charge in [0, 0.05) is 50.7 Å². The lowest BCUT2D eigenvalue weighted by atomic mass is 10.1. The third-order valence-electron chi connectivity index (χ3n) is 9.69. The van der Waals surface area contributed by atoms with Gasteiger partial charge in [-0.3, -0.25) is 0 Å². The average molecular weight is 699 g/mol. The molecule has 8 aromatic rings. The Morgan fingerprint density at radius 2 is 1.09 bits per heavy atom. The first-order chi connectivity index (χ1) is 26.0. The summed E-state index contributed by atoms with van der Waals surface area (Å²) in [6.45, 7) is 8.31. The van der Waals surface area contributed by atoms with Crippen molar-refractivity contribution in [1.29, 1.82) is 0 Å². The maximum absolute atomic E-state index is 6.28. The Morgan fingerprint density at radius 1 is 0.547 bits per heavy atom. The molecule has 0 saturated heterocycles. The molecule has 0 amide bonds. The first-order valence-corrected chi connectivity index (χ1v) is 18.4. The van der Waals surface area contributed by atoms with Crippen LogP contribution in [-0.2, 0) is 0 Å². The zero-order valence-corrected chi connectivity index (χ0v) is 30.4. The summed E-state index contributed by atoms with van der Waals surface area (Å²) in [6, 6.07) is 50.4. The molecule has 0 aliphatic rings. The summed E-state index contributed by atoms with van der Waals surface area (Å²) in [4.78, 5) is 2.28. The minimum Gasteiger partial charge on any atom is -0.491 e. The van der Waals surface area contributed by atoms with Crippen molar-refractivity contribution < 1.29 is 13.9 Å². The molecule has 0 aliphatic carbocycles. The SMILES string of the molecule is CCC(C)Oc1cc(OC(C)CC)cc(-c2nnc(-c3ccc(N(c4ccccc4)c4ccc5c(c4)c4ccccc4n5-c4ccccc4)cc3)o2)c1. The Labute approximate surface area is 310 Å². The number of fused-ring (bicyclic) bond motifs is 3. The zero-order valence-electron chi connectivity index (χ0n) is 30.4. The van der Waals surface area contributed by atoms with Crippen LogP contribution in [0.3, 0.4) is 0 Å². The van der Waals surface area contributed by atoms with Gasteiger partial charge in [-0.1, -0.05) is 68.4 Å². The van der Waals surface area contributed by atoms with Crippen LogP contribution in [-0.4, -0.2) is 27.0 Å². The van der Waals surface area contributed by atoms with E-state index >= 15 is 0 Å². The molecule has 7 nitrogen and oxygen atoms in total. The van der Waals surface area contributed by atoms with Crippen LogP contribution in [0.1, 0.15) is 40.5 Å². The lowest BCUT2D eigenvalue weighted by molar-refractivity contribution is 0.205. The number of ether oxygens (including phenoxy) is 2. The van der Waals surface area contributed by atoms with Crippen molar-refractivity contribution in [1.82, 2.24) is 14.8 Å². The number of hydrogen-bond donors (Lipinski definition) is 0. The van der Waals surface area contributed by atoms with Crippen LogP contribution >= 0.6 is 0 Å². The molecule has 2 heterocycles. The van der Waals surface area contributed by atoms with E-state index in [2.05, 4.69) is 157 Å². The summed E-state index contributed by atoms with van der Waals surface area (Å²) >= 11 is 0. The lowest BCUT2D eigenvalue weighted by Gasteiger charge is -2.25. The Kier molecular flexibility index (Phi) is 9.38. The standard InChI is InChI=1S/C46H42N4O3/c1-5-31(3)51-39-27-34(28-40(30-39)52-32(4)6-2)46-48-47-45(53-46)33-21-23-37(24-22-33)49(35-15-9-7-10-16-35)38-25-26-44-42(29-38)41-19-13-14-20-43(41)50(44)36-17-11-8-12-18-36/h7-32H,5-6H2,1-4H3. The molecule has 0 bridgehead atoms. The van der Waals surface area contributed by atoms with Crippen molar-refractivity contribution in [3.8, 4) is 40.1 Å². The van der Waals surface area contributed by atoms with Gasteiger partial charge in [0.25, 0.3) is 0 Å². The van der Waals surface area contributed by atoms with Gasteiger partial charge in [0.1, 0.15) is 11.5 Å². The number of hydrogen-bond acceptors (Lipinski definition) is 6. The molecule has 264 valence electrons. The fraction of sp³-hybridized carbons (Fsp3) is 0.174. The summed E-state index contributed by atoms with van der Waals surface area (Å²) in [5.41, 5.74) is 8.17. The third kappa shape index (κ3) is 6.86. The zero-order chi connectivity index (χ0) is 36.3. The number of para-hydroxylation sites is 3. The van der Waals surface area contributed by atoms with Crippen LogP contribution in [0.25, 0.3) is 50.4 Å². The van der Waals surface area contributed by atoms with Gasteiger partial charge in [0.05, 0.1) is 23.2 Å². The van der Waals surface area contributed by atoms with Crippen LogP contribution in [0.5, 0.6) is 11.5 Å². The highest BCUT2D eigenvalue weighted by Gasteiger charge is 2.19. The van der Waals surface area contributed by atoms with Gasteiger partial charge < -0.3 is 23.4 Å². The number of nitrogens with zero attached hydrogens (tertiary/aromatic N) is 4. The van der Waals surface area contributed by atoms with E-state index < -0.39 is 0 Å². The molecule has 0 aliphatic heterocycles. The molecular weight excluding hydrogens is 657 g/mol. The second kappa shape index (κ2) is 14.7. The fourth-order valence-electron chi connectivity index (χ4n) is 6.65. The van der Waals surface area contributed by atoms with E-state index in [0.717, 1.165) is 52.2 Å². The smallest absolute Gasteiger partial charge is 0.248 e. The van der Waals surface area contributed by atoms with Crippen LogP contribution in [0, 0.1) is 0 Å². The minimum atomic E-state index is 0.0607. The summed E-state index contributed by atoms with van der Waals surface area (Å²) in [7, 11) is 0. The largest absolute Gasteiger partial charge is 0.491 e. The molecule has 2 unspecified atom stereocenters. The summed E-state index contributed by atoms with van der Waals surface area (Å²) < 4.78 is 21.0. The fourth-order valence-corrected chi connectivity index (χ4v) is 6.65. The van der Waals surface area contributed by atoms with Crippen molar-refractivity contribution in [2.24, 2.45) is 0 Å². The van der Waals surface area contributed by atoms with Gasteiger partial charge in [0.15, 0.2) is 0 Å². The second-order valence-corrected chi connectivity index (χ2v) is 13.4. The molecule has 7 heteroatoms. The maximum atomic E-state index is 6.28. The predicted molar refractivity (Wildman–Crippen MR) is 215 cm³/mol. The van der Waals surface area contributed by atoms with Crippen LogP contribution in [0.2, 0.25) is 0 Å². The lowest BCUT2D eigenvalue weighted by Crippen LogP contribution is -2.12. The first-order valence-electron chi connectivity index (χ1n) is 18.4. The molecule has 8 rings (SSSR count). The van der Waals surface area contributed by atoms with E-state index in [1.54, 1.807) is 0 Å². The van der Waals surface area contributed by atoms with Crippen molar-refractivity contribution in [2.75, 3.05) is 4.90 Å². The van der Waals surface area contributed by atoms with Crippen molar-refractivity contribution in [3.05, 3.63) is 146 Å². The van der Waals surface area contributed by atoms with E-state index in [0.29, 0.717) is 23.3 Å². The molecule has 0 saturated carbocycles. The number of benzene rings is 6. The van der Waals surface area contributed by atoms with Crippen LogP contribution in [0.15, 0.2) is 150 Å². The van der Waals surface area contributed by atoms with Gasteiger partial charge in [0.2, 0.25) is 11.8 Å². The van der Waals surface area contributed by atoms with Crippen LogP contribution < -0.4 is 14.4 Å². The van der Waals surface area contributed by atoms with E-state index in [4.69, 9.17) is 13.9 Å². The Balaban J connectivity index is 1.15. The molecule has 0 N–H and O–H groups in total. The third-order valence-corrected chi connectivity index (χ3v) is 9.69. The molecule has 0 fully saturated rings. The minimum absolute atomic E-state index is 0.0607. The summed E-state index contributed by atoms with van der Waals surface area (Å²) in [5.74, 6) is 2.26. The Hall–Kier alpha value is -6.34. The first kappa shape index (κ1) is 33.8. The molecule has 0 radical (unpaired) electrons. The maximum Gasteiger partial charge on any atom is 0.248 e. The highest BCUT2D eigenvalue weighted by Crippen LogP contribution is 2.40. The van der Waals surface area contributed by atoms with Crippen LogP contribution in [0.4, 0.5) is 17.1 Å². The number of anilines is 3. The predicted octanol–water partition coefficient (Wildman–Crippen LogP) is 12.3. The molecule has 2 aromatic heterocycles. The summed E-state index contributed by atoms with van der Waals surface area (Å²) in [5, 5.41) is 11.3. The normalized spacial score (nSPS) is 12.5. The highest BCUT2D eigenvalue weighted by molar-refractivity contribution is 6.10. The van der Waals surface area contributed by atoms with Crippen molar-refractivity contribution in [2.45, 2.75) is 52.7 Å². The average Bonchev–Trinajstić information content (AvgIpc) is 3.83. The quantitative estimate of drug-likeness (QED) is 0.127. The number of rotatable bonds is 12. The molecule has 0 spiro atoms. The topological polar surface area (TPSA) is 65.6 Å². The second-order valence-electron chi connectivity index (χ2n) is 13.4. The molecular formula is C46H42N4O3. The van der Waals surface area contributed by atoms with Gasteiger partial charge in [-0.25, -0.2) is 0 Å². The van der Waals surface area contributed by atoms with Gasteiger partial charge >= 0.3 is 0 Å². The Morgan fingerprint density at radius 3 is 1.75 bits per heavy atom. The number of aromatic nitrogens is 3. The van der Waals surface area contributed by atoms with Gasteiger partial charge in [-0.05, 0) is 112 Å². The van der Waals surface area contributed by atoms with E-state index in [-0.39, 0.29) is 12.2 Å². The van der Waals surface area contributed by atoms with E-state index in [1.165, 1.54) is 16.3 Å². The summed E-state index contributed by atoms with van der Waals surface area (Å²) in [6.07, 6.45) is 1.90. The van der Waals surface area contributed by atoms with Gasteiger partial charge in [-0.2, -0.15) is 0 Å². The van der Waals surface area contributed by atoms with Crippen molar-refractivity contribution >= 4 is 38.9 Å². The monoisotopic (exact) mass is 698 g/mol. The van der Waals surface area contributed by atoms with E-state index in [1.807, 2.05) is 36.4 Å². The van der Waals surface area contributed by atoms with E-state index in [9.17, 15) is 0 Å². The van der Waals surface area contributed by atoms with Crippen molar-refractivity contribution in [3.63, 3.8) is 0 Å². The Bertz CT molecular complexity index is 2440. The molecule has 2 atom stereocenters. The molecule has 53 heavy (non-hydrogen) atoms. The molecule has 6 aromatic carbocycles. The highest BCUT2D eigenvalue weighted by atomic mass is 16.5.